The first-order chi connectivity index (χ1) is 14.3. The summed E-state index contributed by atoms with van der Waals surface area (Å²) in [5, 5.41) is 7.13. The molecule has 4 aromatic rings. The Morgan fingerprint density at radius 1 is 0.828 bits per heavy atom. The molecule has 1 heterocycles. The monoisotopic (exact) mass is 383 g/mol. The molecule has 0 fully saturated rings. The number of carbonyl (C=O) groups is 1. The molecular formula is C24H21N3O2. The molecule has 0 bridgehead atoms. The van der Waals surface area contributed by atoms with Gasteiger partial charge in [-0.15, -0.1) is 0 Å². The smallest absolute Gasteiger partial charge is 0.227 e. The summed E-state index contributed by atoms with van der Waals surface area (Å²) < 4.78 is 5.30. The standard InChI is InChI=1S/C24H21N3O2/c28-21(16-17-22-26-24(27-29-22)20-14-8-3-9-15-20)25-23(18-10-4-1-5-11-18)19-12-6-2-7-13-19/h1-15,23H,16-17H2,(H,25,28). The molecule has 144 valence electrons. The van der Waals surface area contributed by atoms with E-state index in [4.69, 9.17) is 4.52 Å². The average molecular weight is 383 g/mol. The number of nitrogens with zero attached hydrogens (tertiary/aromatic N) is 2. The van der Waals surface area contributed by atoms with Gasteiger partial charge in [-0.05, 0) is 11.1 Å². The van der Waals surface area contributed by atoms with E-state index < -0.39 is 0 Å². The highest BCUT2D eigenvalue weighted by Gasteiger charge is 2.17. The van der Waals surface area contributed by atoms with Gasteiger partial charge >= 0.3 is 0 Å². The topological polar surface area (TPSA) is 68.0 Å². The van der Waals surface area contributed by atoms with Gasteiger partial charge in [0.1, 0.15) is 0 Å². The molecule has 4 rings (SSSR count). The number of carbonyl (C=O) groups excluding carboxylic acids is 1. The molecule has 0 radical (unpaired) electrons. The quantitative estimate of drug-likeness (QED) is 0.507. The second-order valence-electron chi connectivity index (χ2n) is 6.70. The van der Waals surface area contributed by atoms with E-state index in [-0.39, 0.29) is 18.4 Å². The first-order valence-electron chi connectivity index (χ1n) is 9.57. The van der Waals surface area contributed by atoms with Crippen LogP contribution in [0.5, 0.6) is 0 Å². The molecule has 29 heavy (non-hydrogen) atoms. The van der Waals surface area contributed by atoms with Gasteiger partial charge in [-0.2, -0.15) is 4.98 Å². The van der Waals surface area contributed by atoms with Gasteiger partial charge in [0.15, 0.2) is 0 Å². The normalized spacial score (nSPS) is 10.8. The lowest BCUT2D eigenvalue weighted by molar-refractivity contribution is -0.121. The lowest BCUT2D eigenvalue weighted by Crippen LogP contribution is -2.29. The summed E-state index contributed by atoms with van der Waals surface area (Å²) in [7, 11) is 0. The summed E-state index contributed by atoms with van der Waals surface area (Å²) in [6.07, 6.45) is 0.661. The minimum atomic E-state index is -0.201. The number of hydrogen-bond acceptors (Lipinski definition) is 4. The van der Waals surface area contributed by atoms with Crippen LogP contribution in [0.1, 0.15) is 29.5 Å². The van der Waals surface area contributed by atoms with Crippen LogP contribution in [0.25, 0.3) is 11.4 Å². The van der Waals surface area contributed by atoms with Gasteiger partial charge in [0.05, 0.1) is 6.04 Å². The van der Waals surface area contributed by atoms with Crippen molar-refractivity contribution in [2.45, 2.75) is 18.9 Å². The number of rotatable bonds is 7. The summed E-state index contributed by atoms with van der Waals surface area (Å²) in [5.41, 5.74) is 2.97. The van der Waals surface area contributed by atoms with Crippen molar-refractivity contribution in [1.29, 1.82) is 0 Å². The highest BCUT2D eigenvalue weighted by molar-refractivity contribution is 5.77. The fourth-order valence-electron chi connectivity index (χ4n) is 3.16. The molecule has 0 saturated carbocycles. The average Bonchev–Trinajstić information content (AvgIpc) is 3.27. The number of aromatic nitrogens is 2. The third-order valence-electron chi connectivity index (χ3n) is 4.64. The Bertz CT molecular complexity index is 1010. The van der Waals surface area contributed by atoms with Crippen LogP contribution >= 0.6 is 0 Å². The number of benzene rings is 3. The van der Waals surface area contributed by atoms with Crippen LogP contribution in [-0.2, 0) is 11.2 Å². The SMILES string of the molecule is O=C(CCc1nc(-c2ccccc2)no1)NC(c1ccccc1)c1ccccc1. The predicted molar refractivity (Wildman–Crippen MR) is 111 cm³/mol. The lowest BCUT2D eigenvalue weighted by atomic mass is 9.98. The van der Waals surface area contributed by atoms with E-state index in [0.717, 1.165) is 16.7 Å². The number of amides is 1. The minimum absolute atomic E-state index is 0.0674. The zero-order valence-corrected chi connectivity index (χ0v) is 15.9. The Kier molecular flexibility index (Phi) is 5.76. The van der Waals surface area contributed by atoms with Crippen molar-refractivity contribution in [2.24, 2.45) is 0 Å². The number of aryl methyl sites for hydroxylation is 1. The van der Waals surface area contributed by atoms with Gasteiger partial charge < -0.3 is 9.84 Å². The zero-order valence-electron chi connectivity index (χ0n) is 15.9. The van der Waals surface area contributed by atoms with Crippen LogP contribution < -0.4 is 5.32 Å². The Morgan fingerprint density at radius 3 is 1.97 bits per heavy atom. The third kappa shape index (κ3) is 4.76. The first-order valence-corrected chi connectivity index (χ1v) is 9.57. The fourth-order valence-corrected chi connectivity index (χ4v) is 3.16. The first kappa shape index (κ1) is 18.6. The molecule has 0 spiro atoms. The second kappa shape index (κ2) is 8.97. The Labute approximate surface area is 169 Å². The number of hydrogen-bond donors (Lipinski definition) is 1. The zero-order chi connectivity index (χ0) is 19.9. The molecule has 0 aliphatic rings. The molecule has 1 amide bonds. The molecule has 1 aromatic heterocycles. The van der Waals surface area contributed by atoms with Crippen LogP contribution in [0.3, 0.4) is 0 Å². The molecule has 0 saturated heterocycles. The minimum Gasteiger partial charge on any atom is -0.345 e. The molecule has 0 unspecified atom stereocenters. The summed E-state index contributed by atoms with van der Waals surface area (Å²) in [4.78, 5) is 17.0. The van der Waals surface area contributed by atoms with E-state index in [0.29, 0.717) is 18.1 Å². The van der Waals surface area contributed by atoms with E-state index in [1.54, 1.807) is 0 Å². The van der Waals surface area contributed by atoms with Crippen molar-refractivity contribution >= 4 is 5.91 Å². The van der Waals surface area contributed by atoms with Crippen LogP contribution in [-0.4, -0.2) is 16.0 Å². The van der Waals surface area contributed by atoms with Crippen molar-refractivity contribution in [3.05, 3.63) is 108 Å². The van der Waals surface area contributed by atoms with Gasteiger partial charge in [-0.25, -0.2) is 0 Å². The van der Waals surface area contributed by atoms with Gasteiger partial charge in [-0.1, -0.05) is 96.2 Å². The van der Waals surface area contributed by atoms with Crippen LogP contribution in [0.4, 0.5) is 0 Å². The number of nitrogens with one attached hydrogen (secondary N) is 1. The van der Waals surface area contributed by atoms with Gasteiger partial charge in [-0.3, -0.25) is 4.79 Å². The summed E-state index contributed by atoms with van der Waals surface area (Å²) >= 11 is 0. The van der Waals surface area contributed by atoms with Crippen LogP contribution in [0.2, 0.25) is 0 Å². The largest absolute Gasteiger partial charge is 0.345 e. The van der Waals surface area contributed by atoms with Gasteiger partial charge in [0.2, 0.25) is 17.6 Å². The Morgan fingerprint density at radius 2 is 1.38 bits per heavy atom. The molecule has 0 atom stereocenters. The van der Waals surface area contributed by atoms with Crippen LogP contribution in [0.15, 0.2) is 95.5 Å². The van der Waals surface area contributed by atoms with Crippen molar-refractivity contribution in [1.82, 2.24) is 15.5 Å². The molecule has 0 aliphatic carbocycles. The predicted octanol–water partition coefficient (Wildman–Crippen LogP) is 4.58. The molecular weight excluding hydrogens is 362 g/mol. The maximum atomic E-state index is 12.6. The Hall–Kier alpha value is -3.73. The Balaban J connectivity index is 1.42. The molecule has 5 nitrogen and oxygen atoms in total. The summed E-state index contributed by atoms with van der Waals surface area (Å²) in [5.74, 6) is 0.921. The van der Waals surface area contributed by atoms with Gasteiger partial charge in [0, 0.05) is 18.4 Å². The van der Waals surface area contributed by atoms with Crippen molar-refractivity contribution < 1.29 is 9.32 Å². The maximum absolute atomic E-state index is 12.6. The van der Waals surface area contributed by atoms with Crippen molar-refractivity contribution in [2.75, 3.05) is 0 Å². The summed E-state index contributed by atoms with van der Waals surface area (Å²) in [6.45, 7) is 0. The van der Waals surface area contributed by atoms with E-state index in [1.807, 2.05) is 91.0 Å². The summed E-state index contributed by atoms with van der Waals surface area (Å²) in [6, 6.07) is 29.3. The molecule has 1 N–H and O–H groups in total. The maximum Gasteiger partial charge on any atom is 0.227 e. The lowest BCUT2D eigenvalue weighted by Gasteiger charge is -2.19. The third-order valence-corrected chi connectivity index (χ3v) is 4.64. The van der Waals surface area contributed by atoms with Crippen molar-refractivity contribution in [3.8, 4) is 11.4 Å². The van der Waals surface area contributed by atoms with Crippen LogP contribution in [0, 0.1) is 0 Å². The fraction of sp³-hybridized carbons (Fsp3) is 0.125. The van der Waals surface area contributed by atoms with E-state index in [9.17, 15) is 4.79 Å². The van der Waals surface area contributed by atoms with Crippen molar-refractivity contribution in [3.63, 3.8) is 0 Å². The molecule has 5 heteroatoms. The molecule has 0 aliphatic heterocycles. The van der Waals surface area contributed by atoms with E-state index in [2.05, 4.69) is 15.5 Å². The van der Waals surface area contributed by atoms with E-state index >= 15 is 0 Å². The highest BCUT2D eigenvalue weighted by Crippen LogP contribution is 2.22. The second-order valence-corrected chi connectivity index (χ2v) is 6.70. The molecule has 3 aromatic carbocycles. The highest BCUT2D eigenvalue weighted by atomic mass is 16.5. The van der Waals surface area contributed by atoms with Gasteiger partial charge in [0.25, 0.3) is 0 Å². The van der Waals surface area contributed by atoms with E-state index in [1.165, 1.54) is 0 Å².